The van der Waals surface area contributed by atoms with Gasteiger partial charge in [-0.25, -0.2) is 0 Å². The van der Waals surface area contributed by atoms with Crippen LogP contribution in [0, 0.1) is 0 Å². The van der Waals surface area contributed by atoms with Crippen LogP contribution in [0.3, 0.4) is 0 Å². The van der Waals surface area contributed by atoms with E-state index in [0.717, 1.165) is 57.8 Å². The molecular formula is C13H22N2O2. The van der Waals surface area contributed by atoms with Gasteiger partial charge in [-0.3, -0.25) is 0 Å². The average Bonchev–Trinajstić information content (AvgIpc) is 2.88. The fraction of sp³-hybridized carbons (Fsp3) is 0.692. The molecule has 96 valence electrons. The van der Waals surface area contributed by atoms with Crippen molar-refractivity contribution in [1.29, 1.82) is 0 Å². The maximum atomic E-state index is 5.82. The number of ether oxygens (including phenoxy) is 1. The summed E-state index contributed by atoms with van der Waals surface area (Å²) in [7, 11) is 0. The van der Waals surface area contributed by atoms with E-state index < -0.39 is 0 Å². The molecule has 0 spiro atoms. The Morgan fingerprint density at radius 1 is 1.41 bits per heavy atom. The van der Waals surface area contributed by atoms with Gasteiger partial charge in [0, 0.05) is 6.61 Å². The number of rotatable bonds is 7. The van der Waals surface area contributed by atoms with Crippen molar-refractivity contribution in [3.63, 3.8) is 0 Å². The van der Waals surface area contributed by atoms with Gasteiger partial charge < -0.3 is 19.8 Å². The lowest BCUT2D eigenvalue weighted by molar-refractivity contribution is 0.0317. The van der Waals surface area contributed by atoms with Crippen LogP contribution in [0.2, 0.25) is 0 Å². The Labute approximate surface area is 103 Å². The van der Waals surface area contributed by atoms with Crippen LogP contribution in [0.15, 0.2) is 22.8 Å². The monoisotopic (exact) mass is 238 g/mol. The van der Waals surface area contributed by atoms with E-state index in [1.54, 1.807) is 6.26 Å². The molecule has 0 saturated carbocycles. The van der Waals surface area contributed by atoms with Crippen LogP contribution in [0.4, 0.5) is 0 Å². The maximum Gasteiger partial charge on any atom is 0.117 e. The molecule has 1 aromatic heterocycles. The maximum absolute atomic E-state index is 5.82. The van der Waals surface area contributed by atoms with E-state index in [-0.39, 0.29) is 0 Å². The van der Waals surface area contributed by atoms with E-state index in [4.69, 9.17) is 9.15 Å². The second-order valence-electron chi connectivity index (χ2n) is 4.43. The summed E-state index contributed by atoms with van der Waals surface area (Å²) in [6.45, 7) is 4.84. The summed E-state index contributed by atoms with van der Waals surface area (Å²) in [4.78, 5) is 0. The van der Waals surface area contributed by atoms with E-state index in [9.17, 15) is 0 Å². The molecule has 0 atom stereocenters. The van der Waals surface area contributed by atoms with Crippen LogP contribution in [0.25, 0.3) is 0 Å². The first kappa shape index (κ1) is 12.6. The van der Waals surface area contributed by atoms with Crippen LogP contribution in [0.5, 0.6) is 0 Å². The predicted molar refractivity (Wildman–Crippen MR) is 66.9 cm³/mol. The summed E-state index contributed by atoms with van der Waals surface area (Å²) in [5, 5.41) is 6.68. The Balaban J connectivity index is 1.43. The summed E-state index contributed by atoms with van der Waals surface area (Å²) in [5.41, 5.74) is 0. The largest absolute Gasteiger partial charge is 0.468 e. The van der Waals surface area contributed by atoms with Crippen molar-refractivity contribution < 1.29 is 9.15 Å². The molecule has 1 saturated heterocycles. The number of piperidine rings is 1. The second kappa shape index (κ2) is 7.48. The van der Waals surface area contributed by atoms with Gasteiger partial charge in [-0.1, -0.05) is 0 Å². The number of hydrogen-bond acceptors (Lipinski definition) is 4. The Hall–Kier alpha value is -0.840. The first-order valence-electron chi connectivity index (χ1n) is 6.50. The van der Waals surface area contributed by atoms with Crippen LogP contribution >= 0.6 is 0 Å². The minimum absolute atomic E-state index is 0.473. The Morgan fingerprint density at radius 3 is 3.06 bits per heavy atom. The third-order valence-corrected chi connectivity index (χ3v) is 3.02. The topological polar surface area (TPSA) is 46.4 Å². The highest BCUT2D eigenvalue weighted by Crippen LogP contribution is 2.07. The zero-order chi connectivity index (χ0) is 11.8. The van der Waals surface area contributed by atoms with Gasteiger partial charge in [0.15, 0.2) is 0 Å². The normalized spacial score (nSPS) is 17.4. The van der Waals surface area contributed by atoms with E-state index >= 15 is 0 Å². The molecule has 0 radical (unpaired) electrons. The molecule has 0 unspecified atom stereocenters. The molecule has 0 aromatic carbocycles. The quantitative estimate of drug-likeness (QED) is 0.707. The van der Waals surface area contributed by atoms with Crippen molar-refractivity contribution in [2.75, 3.05) is 26.2 Å². The Kier molecular flexibility index (Phi) is 5.55. The molecule has 0 bridgehead atoms. The van der Waals surface area contributed by atoms with Crippen molar-refractivity contribution in [2.45, 2.75) is 31.9 Å². The summed E-state index contributed by atoms with van der Waals surface area (Å²) in [5.74, 6) is 0.990. The molecule has 0 amide bonds. The molecule has 1 fully saturated rings. The van der Waals surface area contributed by atoms with Gasteiger partial charge in [0.2, 0.25) is 0 Å². The lowest BCUT2D eigenvalue weighted by atomic mass is 10.1. The van der Waals surface area contributed by atoms with E-state index in [1.807, 2.05) is 12.1 Å². The van der Waals surface area contributed by atoms with Gasteiger partial charge in [0.05, 0.1) is 18.9 Å². The molecule has 4 nitrogen and oxygen atoms in total. The zero-order valence-corrected chi connectivity index (χ0v) is 10.3. The molecule has 2 N–H and O–H groups in total. The number of nitrogens with one attached hydrogen (secondary N) is 2. The van der Waals surface area contributed by atoms with Crippen molar-refractivity contribution >= 4 is 0 Å². The SMILES string of the molecule is c1coc(CNCCCOC2CCNCC2)c1. The predicted octanol–water partition coefficient (Wildman–Crippen LogP) is 1.53. The van der Waals surface area contributed by atoms with Gasteiger partial charge >= 0.3 is 0 Å². The average molecular weight is 238 g/mol. The smallest absolute Gasteiger partial charge is 0.117 e. The second-order valence-corrected chi connectivity index (χ2v) is 4.43. The summed E-state index contributed by atoms with van der Waals surface area (Å²) in [6.07, 6.45) is 5.54. The minimum atomic E-state index is 0.473. The lowest BCUT2D eigenvalue weighted by Crippen LogP contribution is -2.32. The molecule has 4 heteroatoms. The van der Waals surface area contributed by atoms with Crippen LogP contribution in [-0.2, 0) is 11.3 Å². The number of furan rings is 1. The highest BCUT2D eigenvalue weighted by molar-refractivity contribution is 4.97. The van der Waals surface area contributed by atoms with E-state index in [0.29, 0.717) is 6.10 Å². The van der Waals surface area contributed by atoms with Crippen molar-refractivity contribution in [3.05, 3.63) is 24.2 Å². The number of hydrogen-bond donors (Lipinski definition) is 2. The molecular weight excluding hydrogens is 216 g/mol. The van der Waals surface area contributed by atoms with Gasteiger partial charge in [0.25, 0.3) is 0 Å². The van der Waals surface area contributed by atoms with Crippen LogP contribution < -0.4 is 10.6 Å². The summed E-state index contributed by atoms with van der Waals surface area (Å²) < 4.78 is 11.1. The van der Waals surface area contributed by atoms with Gasteiger partial charge in [-0.2, -0.15) is 0 Å². The Morgan fingerprint density at radius 2 is 2.29 bits per heavy atom. The van der Waals surface area contributed by atoms with Crippen LogP contribution in [0.1, 0.15) is 25.0 Å². The zero-order valence-electron chi connectivity index (χ0n) is 10.3. The molecule has 1 aliphatic rings. The van der Waals surface area contributed by atoms with Gasteiger partial charge in [-0.05, 0) is 51.0 Å². The van der Waals surface area contributed by atoms with Crippen molar-refractivity contribution in [3.8, 4) is 0 Å². The fourth-order valence-corrected chi connectivity index (χ4v) is 2.03. The first-order valence-corrected chi connectivity index (χ1v) is 6.50. The standard InChI is InChI=1S/C13H22N2O2/c1-3-13(17-9-1)11-15-6-2-10-16-12-4-7-14-8-5-12/h1,3,9,12,14-15H,2,4-8,10-11H2. The summed E-state index contributed by atoms with van der Waals surface area (Å²) >= 11 is 0. The first-order chi connectivity index (χ1) is 8.45. The summed E-state index contributed by atoms with van der Waals surface area (Å²) in [6, 6.07) is 3.90. The molecule has 17 heavy (non-hydrogen) atoms. The van der Waals surface area contributed by atoms with Crippen molar-refractivity contribution in [1.82, 2.24) is 10.6 Å². The fourth-order valence-electron chi connectivity index (χ4n) is 2.03. The van der Waals surface area contributed by atoms with Gasteiger partial charge in [-0.15, -0.1) is 0 Å². The molecule has 2 rings (SSSR count). The molecule has 1 aliphatic heterocycles. The van der Waals surface area contributed by atoms with Gasteiger partial charge in [0.1, 0.15) is 5.76 Å². The van der Waals surface area contributed by atoms with Crippen LogP contribution in [-0.4, -0.2) is 32.3 Å². The molecule has 1 aromatic rings. The highest BCUT2D eigenvalue weighted by Gasteiger charge is 2.12. The minimum Gasteiger partial charge on any atom is -0.468 e. The lowest BCUT2D eigenvalue weighted by Gasteiger charge is -2.22. The highest BCUT2D eigenvalue weighted by atomic mass is 16.5. The third kappa shape index (κ3) is 4.89. The molecule has 2 heterocycles. The van der Waals surface area contributed by atoms with E-state index in [1.165, 1.54) is 0 Å². The molecule has 0 aliphatic carbocycles. The Bertz CT molecular complexity index is 282. The van der Waals surface area contributed by atoms with Crippen molar-refractivity contribution in [2.24, 2.45) is 0 Å². The third-order valence-electron chi connectivity index (χ3n) is 3.02. The van der Waals surface area contributed by atoms with E-state index in [2.05, 4.69) is 10.6 Å².